The molecular weight excluding hydrogens is 523 g/mol. The molecule has 0 bridgehead atoms. The molecule has 1 atom stereocenters. The van der Waals surface area contributed by atoms with Crippen molar-refractivity contribution in [2.75, 3.05) is 27.2 Å². The standard InChI is InChI=1S/C26H25ClF3N5OS/c1-4-35-14-22(25(32-35)26(28,29)30)19-10-16(27)7-8-18(19)21-13-34(24(36)6-5-9-33(2)3)15-23-20(21)11-17(12-31)37-23/h5-8,10-11,14,21H,4,9,13,15H2,1-3H3/b6-5+. The van der Waals surface area contributed by atoms with Crippen molar-refractivity contribution >= 4 is 28.8 Å². The monoisotopic (exact) mass is 547 g/mol. The second-order valence-electron chi connectivity index (χ2n) is 9.01. The van der Waals surface area contributed by atoms with Gasteiger partial charge < -0.3 is 9.80 Å². The lowest BCUT2D eigenvalue weighted by Gasteiger charge is -2.33. The Balaban J connectivity index is 1.85. The number of hydrogen-bond donors (Lipinski definition) is 0. The highest BCUT2D eigenvalue weighted by molar-refractivity contribution is 7.12. The Morgan fingerprint density at radius 1 is 1.30 bits per heavy atom. The Kier molecular flexibility index (Phi) is 7.78. The number of rotatable bonds is 6. The lowest BCUT2D eigenvalue weighted by Crippen LogP contribution is -2.37. The van der Waals surface area contributed by atoms with Crippen LogP contribution in [0.25, 0.3) is 11.1 Å². The van der Waals surface area contributed by atoms with Gasteiger partial charge in [-0.1, -0.05) is 23.7 Å². The number of fused-ring (bicyclic) bond motifs is 1. The van der Waals surface area contributed by atoms with Gasteiger partial charge in [0.05, 0.1) is 6.54 Å². The summed E-state index contributed by atoms with van der Waals surface area (Å²) in [6.45, 7) is 3.15. The van der Waals surface area contributed by atoms with Crippen molar-refractivity contribution in [1.29, 1.82) is 5.26 Å². The molecule has 4 rings (SSSR count). The van der Waals surface area contributed by atoms with Crippen LogP contribution in [0.15, 0.2) is 42.6 Å². The summed E-state index contributed by atoms with van der Waals surface area (Å²) in [5.41, 5.74) is 0.666. The molecule has 3 aromatic rings. The van der Waals surface area contributed by atoms with Crippen molar-refractivity contribution in [3.8, 4) is 17.2 Å². The normalized spacial score (nSPS) is 15.9. The summed E-state index contributed by atoms with van der Waals surface area (Å²) in [6.07, 6.45) is -0.00720. The van der Waals surface area contributed by atoms with E-state index in [0.717, 1.165) is 10.4 Å². The third kappa shape index (κ3) is 5.74. The Morgan fingerprint density at radius 2 is 2.05 bits per heavy atom. The zero-order valence-electron chi connectivity index (χ0n) is 20.5. The van der Waals surface area contributed by atoms with Gasteiger partial charge >= 0.3 is 6.18 Å². The quantitative estimate of drug-likeness (QED) is 0.368. The summed E-state index contributed by atoms with van der Waals surface area (Å²) in [5.74, 6) is -0.652. The van der Waals surface area contributed by atoms with Gasteiger partial charge in [0.1, 0.15) is 10.9 Å². The molecular formula is C26H25ClF3N5OS. The summed E-state index contributed by atoms with van der Waals surface area (Å²) in [6, 6.07) is 8.77. The maximum absolute atomic E-state index is 14.0. The number of aryl methyl sites for hydroxylation is 1. The van der Waals surface area contributed by atoms with Crippen molar-refractivity contribution in [3.05, 3.63) is 74.2 Å². The first kappa shape index (κ1) is 26.9. The van der Waals surface area contributed by atoms with Crippen LogP contribution in [0, 0.1) is 11.3 Å². The third-order valence-electron chi connectivity index (χ3n) is 6.14. The van der Waals surface area contributed by atoms with Gasteiger partial charge in [-0.25, -0.2) is 0 Å². The van der Waals surface area contributed by atoms with Crippen LogP contribution in [0.2, 0.25) is 5.02 Å². The Hall–Kier alpha value is -3.13. The number of likely N-dealkylation sites (N-methyl/N-ethyl adjacent to an activating group) is 1. The Morgan fingerprint density at radius 3 is 2.70 bits per heavy atom. The third-order valence-corrected chi connectivity index (χ3v) is 7.42. The van der Waals surface area contributed by atoms with Gasteiger partial charge in [0.15, 0.2) is 5.69 Å². The fourth-order valence-electron chi connectivity index (χ4n) is 4.43. The largest absolute Gasteiger partial charge is 0.435 e. The number of carbonyl (C=O) groups is 1. The van der Waals surface area contributed by atoms with E-state index >= 15 is 0 Å². The van der Waals surface area contributed by atoms with Gasteiger partial charge in [-0.05, 0) is 55.9 Å². The molecule has 0 N–H and O–H groups in total. The van der Waals surface area contributed by atoms with Crippen molar-refractivity contribution < 1.29 is 18.0 Å². The highest BCUT2D eigenvalue weighted by atomic mass is 35.5. The topological polar surface area (TPSA) is 65.2 Å². The summed E-state index contributed by atoms with van der Waals surface area (Å²) in [4.78, 5) is 18.0. The zero-order chi connectivity index (χ0) is 26.9. The molecule has 0 saturated heterocycles. The molecule has 0 radical (unpaired) electrons. The number of amides is 1. The molecule has 6 nitrogen and oxygen atoms in total. The first-order valence-electron chi connectivity index (χ1n) is 11.6. The van der Waals surface area contributed by atoms with Gasteiger partial charge in [0.2, 0.25) is 5.91 Å². The second kappa shape index (κ2) is 10.7. The SMILES string of the molecule is CCn1cc(-c2cc(Cl)ccc2C2CN(C(=O)/C=C/CN(C)C)Cc3sc(C#N)cc32)c(C(F)(F)F)n1. The van der Waals surface area contributed by atoms with Crippen LogP contribution in [-0.4, -0.2) is 52.7 Å². The summed E-state index contributed by atoms with van der Waals surface area (Å²) >= 11 is 7.57. The molecule has 0 spiro atoms. The fraction of sp³-hybridized carbons (Fsp3) is 0.346. The number of alkyl halides is 3. The molecule has 0 aliphatic carbocycles. The van der Waals surface area contributed by atoms with Gasteiger partial charge in [0.25, 0.3) is 0 Å². The number of carbonyl (C=O) groups excluding carboxylic acids is 1. The minimum Gasteiger partial charge on any atom is -0.333 e. The maximum Gasteiger partial charge on any atom is 0.435 e. The van der Waals surface area contributed by atoms with E-state index in [1.54, 1.807) is 36.1 Å². The molecule has 1 aromatic carbocycles. The molecule has 37 heavy (non-hydrogen) atoms. The number of aromatic nitrogens is 2. The molecule has 1 amide bonds. The average molecular weight is 548 g/mol. The molecule has 0 saturated carbocycles. The molecule has 1 unspecified atom stereocenters. The lowest BCUT2D eigenvalue weighted by molar-refractivity contribution is -0.141. The highest BCUT2D eigenvalue weighted by Crippen LogP contribution is 2.45. The highest BCUT2D eigenvalue weighted by Gasteiger charge is 2.39. The Labute approximate surface area is 222 Å². The first-order valence-corrected chi connectivity index (χ1v) is 12.8. The van der Waals surface area contributed by atoms with Crippen LogP contribution in [-0.2, 0) is 24.1 Å². The van der Waals surface area contributed by atoms with Crippen molar-refractivity contribution in [2.24, 2.45) is 0 Å². The predicted molar refractivity (Wildman–Crippen MR) is 137 cm³/mol. The lowest BCUT2D eigenvalue weighted by atomic mass is 9.83. The van der Waals surface area contributed by atoms with Gasteiger partial charge in [-0.3, -0.25) is 9.48 Å². The minimum absolute atomic E-state index is 0.0709. The van der Waals surface area contributed by atoms with E-state index in [-0.39, 0.29) is 29.6 Å². The zero-order valence-corrected chi connectivity index (χ0v) is 22.1. The van der Waals surface area contributed by atoms with E-state index in [4.69, 9.17) is 11.6 Å². The molecule has 3 heterocycles. The van der Waals surface area contributed by atoms with Crippen molar-refractivity contribution in [3.63, 3.8) is 0 Å². The van der Waals surface area contributed by atoms with E-state index in [1.807, 2.05) is 19.0 Å². The van der Waals surface area contributed by atoms with Gasteiger partial charge in [0, 0.05) is 53.3 Å². The fourth-order valence-corrected chi connectivity index (χ4v) is 5.64. The predicted octanol–water partition coefficient (Wildman–Crippen LogP) is 5.77. The molecule has 194 valence electrons. The molecule has 1 aliphatic heterocycles. The van der Waals surface area contributed by atoms with E-state index < -0.39 is 17.8 Å². The van der Waals surface area contributed by atoms with Crippen molar-refractivity contribution in [2.45, 2.75) is 32.1 Å². The van der Waals surface area contributed by atoms with Crippen molar-refractivity contribution in [1.82, 2.24) is 19.6 Å². The molecule has 1 aliphatic rings. The summed E-state index contributed by atoms with van der Waals surface area (Å²) in [5, 5.41) is 13.6. The number of halogens is 4. The Bertz CT molecular complexity index is 1390. The van der Waals surface area contributed by atoms with Gasteiger partial charge in [-0.2, -0.15) is 23.5 Å². The maximum atomic E-state index is 14.0. The van der Waals surface area contributed by atoms with Crippen LogP contribution in [0.1, 0.15) is 39.4 Å². The van der Waals surface area contributed by atoms with E-state index in [2.05, 4.69) is 11.2 Å². The number of nitrogens with zero attached hydrogens (tertiary/aromatic N) is 5. The first-order chi connectivity index (χ1) is 17.5. The van der Waals surface area contributed by atoms with Crippen LogP contribution in [0.4, 0.5) is 13.2 Å². The second-order valence-corrected chi connectivity index (χ2v) is 10.6. The number of thiophene rings is 1. The number of hydrogen-bond acceptors (Lipinski definition) is 5. The van der Waals surface area contributed by atoms with E-state index in [9.17, 15) is 23.2 Å². The molecule has 2 aromatic heterocycles. The smallest absolute Gasteiger partial charge is 0.333 e. The van der Waals surface area contributed by atoms with E-state index in [0.29, 0.717) is 29.1 Å². The van der Waals surface area contributed by atoms with Crippen LogP contribution < -0.4 is 0 Å². The van der Waals surface area contributed by atoms with E-state index in [1.165, 1.54) is 34.4 Å². The molecule has 0 fully saturated rings. The number of nitriles is 1. The summed E-state index contributed by atoms with van der Waals surface area (Å²) in [7, 11) is 3.79. The van der Waals surface area contributed by atoms with Gasteiger partial charge in [-0.15, -0.1) is 11.3 Å². The minimum atomic E-state index is -4.66. The average Bonchev–Trinajstić information content (AvgIpc) is 3.47. The number of benzene rings is 1. The molecule has 11 heteroatoms. The van der Waals surface area contributed by atoms with Crippen LogP contribution >= 0.6 is 22.9 Å². The van der Waals surface area contributed by atoms with Crippen LogP contribution in [0.5, 0.6) is 0 Å². The summed E-state index contributed by atoms with van der Waals surface area (Å²) < 4.78 is 43.2. The van der Waals surface area contributed by atoms with Crippen LogP contribution in [0.3, 0.4) is 0 Å².